The molecule has 0 amide bonds. The van der Waals surface area contributed by atoms with Crippen molar-refractivity contribution in [3.05, 3.63) is 23.5 Å². The number of methoxy groups -OCH3 is 2. The van der Waals surface area contributed by atoms with Gasteiger partial charge in [0.1, 0.15) is 5.82 Å². The third kappa shape index (κ3) is 4.03. The largest absolute Gasteiger partial charge is 0.493 e. The standard InChI is InChI=1S/C11H16FNO3.ClH/c1-15-10-4-7(3-8(13)6-14)9(12)5-11(10)16-2;/h4-5,8,14H,3,6,13H2,1-2H3;1H. The van der Waals surface area contributed by atoms with Crippen LogP contribution in [0, 0.1) is 5.82 Å². The van der Waals surface area contributed by atoms with Crippen LogP contribution >= 0.6 is 12.4 Å². The molecule has 0 aromatic heterocycles. The summed E-state index contributed by atoms with van der Waals surface area (Å²) in [5.41, 5.74) is 5.95. The molecule has 0 radical (unpaired) electrons. The van der Waals surface area contributed by atoms with Crippen molar-refractivity contribution in [2.75, 3.05) is 20.8 Å². The van der Waals surface area contributed by atoms with E-state index < -0.39 is 11.9 Å². The second-order valence-corrected chi connectivity index (χ2v) is 3.45. The van der Waals surface area contributed by atoms with Gasteiger partial charge in [0.25, 0.3) is 0 Å². The fourth-order valence-corrected chi connectivity index (χ4v) is 1.40. The molecule has 3 N–H and O–H groups in total. The summed E-state index contributed by atoms with van der Waals surface area (Å²) in [4.78, 5) is 0. The molecule has 0 aliphatic rings. The molecule has 1 atom stereocenters. The number of aliphatic hydroxyl groups is 1. The normalized spacial score (nSPS) is 11.6. The third-order valence-corrected chi connectivity index (χ3v) is 2.27. The number of nitrogens with two attached hydrogens (primary N) is 1. The van der Waals surface area contributed by atoms with Crippen LogP contribution in [0.2, 0.25) is 0 Å². The van der Waals surface area contributed by atoms with Gasteiger partial charge < -0.3 is 20.3 Å². The summed E-state index contributed by atoms with van der Waals surface area (Å²) in [5, 5.41) is 8.81. The second-order valence-electron chi connectivity index (χ2n) is 3.45. The fraction of sp³-hybridized carbons (Fsp3) is 0.455. The maximum absolute atomic E-state index is 13.6. The van der Waals surface area contributed by atoms with Crippen LogP contribution < -0.4 is 15.2 Å². The van der Waals surface area contributed by atoms with Crippen molar-refractivity contribution >= 4 is 12.4 Å². The first-order valence-corrected chi connectivity index (χ1v) is 4.89. The van der Waals surface area contributed by atoms with Crippen LogP contribution in [0.3, 0.4) is 0 Å². The highest BCUT2D eigenvalue weighted by molar-refractivity contribution is 5.85. The van der Waals surface area contributed by atoms with E-state index in [9.17, 15) is 4.39 Å². The van der Waals surface area contributed by atoms with Gasteiger partial charge in [-0.25, -0.2) is 4.39 Å². The molecule has 1 aromatic rings. The third-order valence-electron chi connectivity index (χ3n) is 2.27. The number of ether oxygens (including phenoxy) is 2. The van der Waals surface area contributed by atoms with E-state index in [0.717, 1.165) is 0 Å². The summed E-state index contributed by atoms with van der Waals surface area (Å²) in [7, 11) is 2.92. The van der Waals surface area contributed by atoms with Crippen LogP contribution in [0.25, 0.3) is 0 Å². The van der Waals surface area contributed by atoms with E-state index in [2.05, 4.69) is 0 Å². The highest BCUT2D eigenvalue weighted by Crippen LogP contribution is 2.30. The van der Waals surface area contributed by atoms with Gasteiger partial charge in [-0.05, 0) is 18.1 Å². The smallest absolute Gasteiger partial charge is 0.163 e. The first kappa shape index (κ1) is 16.0. The summed E-state index contributed by atoms with van der Waals surface area (Å²) < 4.78 is 23.6. The van der Waals surface area contributed by atoms with Crippen molar-refractivity contribution in [2.24, 2.45) is 5.73 Å². The number of hydrogen-bond donors (Lipinski definition) is 2. The first-order valence-electron chi connectivity index (χ1n) is 4.89. The van der Waals surface area contributed by atoms with Crippen LogP contribution in [-0.4, -0.2) is 32.0 Å². The fourth-order valence-electron chi connectivity index (χ4n) is 1.40. The molecule has 1 unspecified atom stereocenters. The molecule has 98 valence electrons. The van der Waals surface area contributed by atoms with E-state index in [0.29, 0.717) is 17.1 Å². The lowest BCUT2D eigenvalue weighted by Crippen LogP contribution is -2.27. The monoisotopic (exact) mass is 265 g/mol. The maximum Gasteiger partial charge on any atom is 0.163 e. The van der Waals surface area contributed by atoms with Crippen molar-refractivity contribution in [1.82, 2.24) is 0 Å². The second kappa shape index (κ2) is 7.32. The Bertz CT molecular complexity index is 363. The molecule has 4 nitrogen and oxygen atoms in total. The van der Waals surface area contributed by atoms with E-state index in [1.54, 1.807) is 0 Å². The van der Waals surface area contributed by atoms with Crippen LogP contribution in [0.4, 0.5) is 4.39 Å². The van der Waals surface area contributed by atoms with Crippen molar-refractivity contribution < 1.29 is 19.0 Å². The summed E-state index contributed by atoms with van der Waals surface area (Å²) in [6.07, 6.45) is 0.253. The number of rotatable bonds is 5. The van der Waals surface area contributed by atoms with Crippen molar-refractivity contribution in [1.29, 1.82) is 0 Å². The Morgan fingerprint density at radius 2 is 1.82 bits per heavy atom. The van der Waals surface area contributed by atoms with E-state index in [1.165, 1.54) is 26.4 Å². The van der Waals surface area contributed by atoms with E-state index in [-0.39, 0.29) is 25.4 Å². The molecule has 0 heterocycles. The zero-order valence-corrected chi connectivity index (χ0v) is 10.6. The predicted molar refractivity (Wildman–Crippen MR) is 65.5 cm³/mol. The average molecular weight is 266 g/mol. The van der Waals surface area contributed by atoms with Crippen molar-refractivity contribution in [2.45, 2.75) is 12.5 Å². The lowest BCUT2D eigenvalue weighted by molar-refractivity contribution is 0.264. The number of hydrogen-bond acceptors (Lipinski definition) is 4. The molecule has 6 heteroatoms. The van der Waals surface area contributed by atoms with Crippen LogP contribution in [0.5, 0.6) is 11.5 Å². The van der Waals surface area contributed by atoms with Crippen LogP contribution in [0.15, 0.2) is 12.1 Å². The molecule has 0 saturated heterocycles. The Kier molecular flexibility index (Phi) is 6.87. The topological polar surface area (TPSA) is 64.7 Å². The van der Waals surface area contributed by atoms with Gasteiger partial charge in [-0.2, -0.15) is 0 Å². The highest BCUT2D eigenvalue weighted by Gasteiger charge is 2.13. The quantitative estimate of drug-likeness (QED) is 0.838. The molecule has 17 heavy (non-hydrogen) atoms. The zero-order valence-electron chi connectivity index (χ0n) is 9.77. The van der Waals surface area contributed by atoms with Gasteiger partial charge in [-0.1, -0.05) is 0 Å². The minimum absolute atomic E-state index is 0. The summed E-state index contributed by atoms with van der Waals surface area (Å²) >= 11 is 0. The zero-order chi connectivity index (χ0) is 12.1. The highest BCUT2D eigenvalue weighted by atomic mass is 35.5. The van der Waals surface area contributed by atoms with Crippen molar-refractivity contribution in [3.8, 4) is 11.5 Å². The summed E-state index contributed by atoms with van der Waals surface area (Å²) in [5.74, 6) is 0.368. The Balaban J connectivity index is 0.00000256. The van der Waals surface area contributed by atoms with Gasteiger partial charge in [-0.15, -0.1) is 12.4 Å². The minimum atomic E-state index is -0.479. The predicted octanol–water partition coefficient (Wildman–Crippen LogP) is 1.13. The summed E-state index contributed by atoms with van der Waals surface area (Å²) in [6, 6.07) is 2.30. The van der Waals surface area contributed by atoms with Gasteiger partial charge in [0.15, 0.2) is 11.5 Å². The van der Waals surface area contributed by atoms with Gasteiger partial charge in [0, 0.05) is 12.1 Å². The molecular weight excluding hydrogens is 249 g/mol. The molecule has 0 spiro atoms. The number of benzene rings is 1. The van der Waals surface area contributed by atoms with Crippen LogP contribution in [0.1, 0.15) is 5.56 Å². The molecule has 1 aromatic carbocycles. The van der Waals surface area contributed by atoms with Gasteiger partial charge in [-0.3, -0.25) is 0 Å². The Morgan fingerprint density at radius 1 is 1.29 bits per heavy atom. The van der Waals surface area contributed by atoms with E-state index >= 15 is 0 Å². The Hall–Kier alpha value is -1.04. The molecule has 0 aliphatic carbocycles. The molecule has 1 rings (SSSR count). The summed E-state index contributed by atoms with van der Waals surface area (Å²) in [6.45, 7) is -0.187. The van der Waals surface area contributed by atoms with Crippen LogP contribution in [-0.2, 0) is 6.42 Å². The lowest BCUT2D eigenvalue weighted by atomic mass is 10.1. The molecule has 0 bridgehead atoms. The van der Waals surface area contributed by atoms with E-state index in [1.807, 2.05) is 0 Å². The van der Waals surface area contributed by atoms with Crippen molar-refractivity contribution in [3.63, 3.8) is 0 Å². The molecular formula is C11H17ClFNO3. The van der Waals surface area contributed by atoms with Gasteiger partial charge in [0.05, 0.1) is 20.8 Å². The minimum Gasteiger partial charge on any atom is -0.493 e. The Labute approximate surface area is 106 Å². The molecule has 0 saturated carbocycles. The van der Waals surface area contributed by atoms with E-state index in [4.69, 9.17) is 20.3 Å². The first-order chi connectivity index (χ1) is 7.62. The average Bonchev–Trinajstić information content (AvgIpc) is 2.30. The van der Waals surface area contributed by atoms with Gasteiger partial charge >= 0.3 is 0 Å². The number of aliphatic hydroxyl groups excluding tert-OH is 1. The number of halogens is 2. The van der Waals surface area contributed by atoms with Gasteiger partial charge in [0.2, 0.25) is 0 Å². The SMILES string of the molecule is COc1cc(F)c(CC(N)CO)cc1OC.Cl. The maximum atomic E-state index is 13.6. The molecule has 0 aliphatic heterocycles. The molecule has 0 fully saturated rings. The Morgan fingerprint density at radius 3 is 2.29 bits per heavy atom. The lowest BCUT2D eigenvalue weighted by Gasteiger charge is -2.13.